The fourth-order valence-corrected chi connectivity index (χ4v) is 2.75. The molecule has 0 aromatic heterocycles. The second kappa shape index (κ2) is 9.23. The van der Waals surface area contributed by atoms with Crippen LogP contribution in [0.15, 0.2) is 59.1 Å². The average Bonchev–Trinajstić information content (AvgIpc) is 2.55. The number of amides is 1. The molecule has 0 bridgehead atoms. The van der Waals surface area contributed by atoms with E-state index in [0.29, 0.717) is 12.8 Å². The van der Waals surface area contributed by atoms with E-state index in [9.17, 15) is 9.59 Å². The normalized spacial score (nSPS) is 11.7. The van der Waals surface area contributed by atoms with Gasteiger partial charge in [0.15, 0.2) is 0 Å². The van der Waals surface area contributed by atoms with Crippen molar-refractivity contribution < 1.29 is 14.7 Å². The number of benzene rings is 2. The van der Waals surface area contributed by atoms with Crippen LogP contribution in [0.25, 0.3) is 0 Å². The predicted octanol–water partition coefficient (Wildman–Crippen LogP) is 3.58. The summed E-state index contributed by atoms with van der Waals surface area (Å²) < 4.78 is 0.968. The number of halogens is 1. The molecule has 0 saturated heterocycles. The van der Waals surface area contributed by atoms with Gasteiger partial charge < -0.3 is 10.4 Å². The molecule has 2 aromatic rings. The molecule has 24 heavy (non-hydrogen) atoms. The maximum absolute atomic E-state index is 12.3. The summed E-state index contributed by atoms with van der Waals surface area (Å²) in [5, 5.41) is 11.9. The molecule has 1 amide bonds. The lowest BCUT2D eigenvalue weighted by Crippen LogP contribution is -2.37. The van der Waals surface area contributed by atoms with Crippen LogP contribution in [-0.4, -0.2) is 23.0 Å². The van der Waals surface area contributed by atoms with Crippen molar-refractivity contribution in [2.75, 3.05) is 0 Å². The molecule has 0 heterocycles. The Labute approximate surface area is 150 Å². The zero-order valence-corrected chi connectivity index (χ0v) is 14.8. The van der Waals surface area contributed by atoms with Gasteiger partial charge in [-0.2, -0.15) is 0 Å². The van der Waals surface area contributed by atoms with E-state index >= 15 is 0 Å². The van der Waals surface area contributed by atoms with E-state index in [4.69, 9.17) is 5.11 Å². The molecule has 0 fully saturated rings. The van der Waals surface area contributed by atoms with Gasteiger partial charge in [-0.05, 0) is 36.1 Å². The number of carboxylic acid groups (broad SMARTS) is 1. The number of aliphatic carboxylic acids is 1. The first kappa shape index (κ1) is 18.2. The highest BCUT2D eigenvalue weighted by atomic mass is 79.9. The highest BCUT2D eigenvalue weighted by molar-refractivity contribution is 9.10. The molecule has 2 rings (SSSR count). The SMILES string of the molecule is O=C(O)CCC(Cc1ccccc1)NC(=O)Cc1ccc(Br)cc1. The number of carbonyl (C=O) groups is 2. The van der Waals surface area contributed by atoms with Crippen molar-refractivity contribution in [3.63, 3.8) is 0 Å². The van der Waals surface area contributed by atoms with E-state index in [1.165, 1.54) is 0 Å². The van der Waals surface area contributed by atoms with E-state index in [-0.39, 0.29) is 24.8 Å². The molecule has 0 aliphatic heterocycles. The van der Waals surface area contributed by atoms with Gasteiger partial charge in [-0.25, -0.2) is 0 Å². The molecule has 0 saturated carbocycles. The summed E-state index contributed by atoms with van der Waals surface area (Å²) in [7, 11) is 0. The molecular formula is C19H20BrNO3. The first-order chi connectivity index (χ1) is 11.5. The highest BCUT2D eigenvalue weighted by Gasteiger charge is 2.15. The minimum atomic E-state index is -0.852. The Balaban J connectivity index is 1.96. The van der Waals surface area contributed by atoms with Gasteiger partial charge in [0.05, 0.1) is 6.42 Å². The van der Waals surface area contributed by atoms with Gasteiger partial charge in [-0.3, -0.25) is 9.59 Å². The number of nitrogens with one attached hydrogen (secondary N) is 1. The van der Waals surface area contributed by atoms with Crippen molar-refractivity contribution in [3.05, 3.63) is 70.2 Å². The van der Waals surface area contributed by atoms with Crippen LogP contribution in [-0.2, 0) is 22.4 Å². The van der Waals surface area contributed by atoms with Crippen molar-refractivity contribution in [1.29, 1.82) is 0 Å². The Morgan fingerprint density at radius 3 is 2.29 bits per heavy atom. The van der Waals surface area contributed by atoms with Crippen LogP contribution >= 0.6 is 15.9 Å². The number of carboxylic acids is 1. The molecule has 2 N–H and O–H groups in total. The first-order valence-corrected chi connectivity index (χ1v) is 8.62. The van der Waals surface area contributed by atoms with Crippen LogP contribution in [0.1, 0.15) is 24.0 Å². The number of hydrogen-bond acceptors (Lipinski definition) is 2. The van der Waals surface area contributed by atoms with Crippen LogP contribution in [0, 0.1) is 0 Å². The Morgan fingerprint density at radius 2 is 1.67 bits per heavy atom. The van der Waals surface area contributed by atoms with Gasteiger partial charge in [-0.1, -0.05) is 58.4 Å². The topological polar surface area (TPSA) is 66.4 Å². The molecule has 126 valence electrons. The second-order valence-corrected chi connectivity index (χ2v) is 6.61. The highest BCUT2D eigenvalue weighted by Crippen LogP contribution is 2.12. The Kier molecular flexibility index (Phi) is 7.00. The monoisotopic (exact) mass is 389 g/mol. The fourth-order valence-electron chi connectivity index (χ4n) is 2.49. The number of carbonyl (C=O) groups excluding carboxylic acids is 1. The summed E-state index contributed by atoms with van der Waals surface area (Å²) in [5.74, 6) is -0.945. The Hall–Kier alpha value is -2.14. The molecule has 2 aromatic carbocycles. The van der Waals surface area contributed by atoms with Crippen molar-refractivity contribution >= 4 is 27.8 Å². The van der Waals surface area contributed by atoms with Gasteiger partial charge in [0.2, 0.25) is 5.91 Å². The summed E-state index contributed by atoms with van der Waals surface area (Å²) >= 11 is 3.37. The zero-order chi connectivity index (χ0) is 17.4. The van der Waals surface area contributed by atoms with E-state index in [1.54, 1.807) is 0 Å². The second-order valence-electron chi connectivity index (χ2n) is 5.69. The maximum atomic E-state index is 12.3. The molecule has 5 heteroatoms. The molecule has 0 aliphatic rings. The summed E-state index contributed by atoms with van der Waals surface area (Å²) in [6, 6.07) is 17.2. The van der Waals surface area contributed by atoms with Crippen molar-refractivity contribution in [2.45, 2.75) is 31.7 Å². The fraction of sp³-hybridized carbons (Fsp3) is 0.263. The summed E-state index contributed by atoms with van der Waals surface area (Å²) in [5.41, 5.74) is 2.00. The van der Waals surface area contributed by atoms with Gasteiger partial charge in [-0.15, -0.1) is 0 Å². The largest absolute Gasteiger partial charge is 0.481 e. The maximum Gasteiger partial charge on any atom is 0.303 e. The lowest BCUT2D eigenvalue weighted by molar-refractivity contribution is -0.137. The Morgan fingerprint density at radius 1 is 1.00 bits per heavy atom. The number of rotatable bonds is 8. The van der Waals surface area contributed by atoms with Gasteiger partial charge >= 0.3 is 5.97 Å². The molecule has 0 aliphatic carbocycles. The predicted molar refractivity (Wildman–Crippen MR) is 96.8 cm³/mol. The van der Waals surface area contributed by atoms with E-state index < -0.39 is 5.97 Å². The van der Waals surface area contributed by atoms with Crippen LogP contribution in [0.3, 0.4) is 0 Å². The third kappa shape index (κ3) is 6.54. The third-order valence-electron chi connectivity index (χ3n) is 3.67. The van der Waals surface area contributed by atoms with Gasteiger partial charge in [0.1, 0.15) is 0 Å². The van der Waals surface area contributed by atoms with E-state index in [2.05, 4.69) is 21.2 Å². The summed E-state index contributed by atoms with van der Waals surface area (Å²) in [6.45, 7) is 0. The van der Waals surface area contributed by atoms with Crippen molar-refractivity contribution in [2.24, 2.45) is 0 Å². The van der Waals surface area contributed by atoms with Crippen LogP contribution in [0.2, 0.25) is 0 Å². The van der Waals surface area contributed by atoms with Crippen molar-refractivity contribution in [1.82, 2.24) is 5.32 Å². The average molecular weight is 390 g/mol. The van der Waals surface area contributed by atoms with Gasteiger partial charge in [0, 0.05) is 16.9 Å². The van der Waals surface area contributed by atoms with Crippen LogP contribution < -0.4 is 5.32 Å². The minimum absolute atomic E-state index is 0.0378. The Bertz CT molecular complexity index is 671. The first-order valence-electron chi connectivity index (χ1n) is 7.82. The molecular weight excluding hydrogens is 370 g/mol. The molecule has 1 atom stereocenters. The number of hydrogen-bond donors (Lipinski definition) is 2. The molecule has 0 spiro atoms. The van der Waals surface area contributed by atoms with Crippen LogP contribution in [0.4, 0.5) is 0 Å². The van der Waals surface area contributed by atoms with Crippen molar-refractivity contribution in [3.8, 4) is 0 Å². The van der Waals surface area contributed by atoms with Gasteiger partial charge in [0.25, 0.3) is 0 Å². The smallest absolute Gasteiger partial charge is 0.303 e. The lowest BCUT2D eigenvalue weighted by Gasteiger charge is -2.18. The summed E-state index contributed by atoms with van der Waals surface area (Å²) in [6.07, 6.45) is 1.36. The third-order valence-corrected chi connectivity index (χ3v) is 4.20. The standard InChI is InChI=1S/C19H20BrNO3/c20-16-8-6-15(7-9-16)13-18(22)21-17(10-11-19(23)24)12-14-4-2-1-3-5-14/h1-9,17H,10-13H2,(H,21,22)(H,23,24). The van der Waals surface area contributed by atoms with Crippen LogP contribution in [0.5, 0.6) is 0 Å². The lowest BCUT2D eigenvalue weighted by atomic mass is 10.0. The van der Waals surface area contributed by atoms with E-state index in [0.717, 1.165) is 15.6 Å². The quantitative estimate of drug-likeness (QED) is 0.724. The molecule has 0 radical (unpaired) electrons. The molecule has 1 unspecified atom stereocenters. The minimum Gasteiger partial charge on any atom is -0.481 e. The zero-order valence-electron chi connectivity index (χ0n) is 13.2. The van der Waals surface area contributed by atoms with E-state index in [1.807, 2.05) is 54.6 Å². The summed E-state index contributed by atoms with van der Waals surface area (Å²) in [4.78, 5) is 23.1. The molecule has 4 nitrogen and oxygen atoms in total.